The second-order valence-electron chi connectivity index (χ2n) is 3.58. The molecule has 2 saturated heterocycles. The van der Waals surface area contributed by atoms with Crippen molar-refractivity contribution in [1.82, 2.24) is 4.90 Å². The van der Waals surface area contributed by atoms with Crippen LogP contribution in [0.4, 0.5) is 0 Å². The van der Waals surface area contributed by atoms with Gasteiger partial charge in [-0.15, -0.1) is 0 Å². The summed E-state index contributed by atoms with van der Waals surface area (Å²) in [5, 5.41) is 0. The van der Waals surface area contributed by atoms with Crippen molar-refractivity contribution in [2.75, 3.05) is 18.8 Å². The van der Waals surface area contributed by atoms with Gasteiger partial charge >= 0.3 is 0 Å². The van der Waals surface area contributed by atoms with Gasteiger partial charge in [0.25, 0.3) is 0 Å². The van der Waals surface area contributed by atoms with Crippen LogP contribution in [0.25, 0.3) is 0 Å². The fourth-order valence-corrected chi connectivity index (χ4v) is 3.00. The monoisotopic (exact) mass is 217 g/mol. The lowest BCUT2D eigenvalue weighted by molar-refractivity contribution is 0.224. The molecule has 0 amide bonds. The van der Waals surface area contributed by atoms with E-state index in [1.54, 1.807) is 0 Å². The van der Waals surface area contributed by atoms with Gasteiger partial charge in [-0.25, -0.2) is 0 Å². The van der Waals surface area contributed by atoms with Gasteiger partial charge in [0.15, 0.2) is 0 Å². The normalized spacial score (nSPS) is 22.9. The average molecular weight is 217 g/mol. The van der Waals surface area contributed by atoms with Crippen LogP contribution in [0, 0.1) is 0 Å². The maximum atomic E-state index is 4.44. The maximum Gasteiger partial charge on any atom is 0.0298 e. The molecule has 0 saturated carbocycles. The maximum absolute atomic E-state index is 4.44. The summed E-state index contributed by atoms with van der Waals surface area (Å²) in [6, 6.07) is 0. The summed E-state index contributed by atoms with van der Waals surface area (Å²) in [5.74, 6) is 1.08. The Morgan fingerprint density at radius 3 is 1.71 bits per heavy atom. The molecule has 0 unspecified atom stereocenters. The minimum absolute atomic E-state index is 0.545. The summed E-state index contributed by atoms with van der Waals surface area (Å²) in [7, 11) is 0. The number of rotatable bonds is 1. The van der Waals surface area contributed by atoms with Crippen LogP contribution in [0.3, 0.4) is 0 Å². The fourth-order valence-electron chi connectivity index (χ4n) is 2.48. The fraction of sp³-hybridized carbons (Fsp3) is 1.00. The van der Waals surface area contributed by atoms with Gasteiger partial charge in [0.1, 0.15) is 0 Å². The Morgan fingerprint density at radius 2 is 1.43 bits per heavy atom. The molecule has 2 aliphatic rings. The molecule has 2 heteroatoms. The topological polar surface area (TPSA) is 3.24 Å². The first-order chi connectivity index (χ1) is 6.87. The molecule has 0 spiro atoms. The molecule has 1 nitrogen and oxygen atoms in total. The van der Waals surface area contributed by atoms with Gasteiger partial charge in [0, 0.05) is 11.3 Å². The van der Waals surface area contributed by atoms with Crippen LogP contribution in [0.15, 0.2) is 0 Å². The van der Waals surface area contributed by atoms with Gasteiger partial charge in [0.2, 0.25) is 0 Å². The summed E-state index contributed by atoms with van der Waals surface area (Å²) in [4.78, 5) is 2.64. The molecule has 0 aliphatic carbocycles. The minimum atomic E-state index is 0.545. The molecular weight excluding hydrogens is 190 g/mol. The highest BCUT2D eigenvalue weighted by Gasteiger charge is 2.42. The average Bonchev–Trinajstić information content (AvgIpc) is 2.82. The zero-order valence-electron chi connectivity index (χ0n) is 10.3. The number of nitrogens with zero attached hydrogens (tertiary/aromatic N) is 1. The van der Waals surface area contributed by atoms with E-state index in [4.69, 9.17) is 0 Å². The number of thiol groups is 1. The van der Waals surface area contributed by atoms with E-state index in [0.29, 0.717) is 5.54 Å². The Balaban J connectivity index is 0.000000379. The summed E-state index contributed by atoms with van der Waals surface area (Å²) >= 11 is 4.44. The highest BCUT2D eigenvalue weighted by Crippen LogP contribution is 2.39. The van der Waals surface area contributed by atoms with Crippen LogP contribution < -0.4 is 0 Å². The van der Waals surface area contributed by atoms with Crippen molar-refractivity contribution in [2.24, 2.45) is 0 Å². The third-order valence-corrected chi connectivity index (χ3v) is 3.69. The Bertz CT molecular complexity index is 126. The Labute approximate surface area is 95.7 Å². The quantitative estimate of drug-likeness (QED) is 0.657. The summed E-state index contributed by atoms with van der Waals surface area (Å²) < 4.78 is 0. The van der Waals surface area contributed by atoms with Crippen molar-refractivity contribution in [1.29, 1.82) is 0 Å². The predicted molar refractivity (Wildman–Crippen MR) is 69.3 cm³/mol. The smallest absolute Gasteiger partial charge is 0.0298 e. The molecule has 2 heterocycles. The highest BCUT2D eigenvalue weighted by atomic mass is 32.1. The SMILES string of the molecule is CC.CC.SCC12CCCN1CCC2. The Morgan fingerprint density at radius 1 is 1.00 bits per heavy atom. The summed E-state index contributed by atoms with van der Waals surface area (Å²) in [6.45, 7) is 10.7. The molecule has 14 heavy (non-hydrogen) atoms. The standard InChI is InChI=1S/C8H15NS.2C2H6/c10-7-8-3-1-5-9(8)6-2-4-8;2*1-2/h10H,1-7H2;2*1-2H3. The van der Waals surface area contributed by atoms with Crippen molar-refractivity contribution < 1.29 is 0 Å². The molecule has 0 bridgehead atoms. The third-order valence-electron chi connectivity index (χ3n) is 3.11. The van der Waals surface area contributed by atoms with Gasteiger partial charge < -0.3 is 0 Å². The lowest BCUT2D eigenvalue weighted by Gasteiger charge is -2.29. The van der Waals surface area contributed by atoms with Crippen LogP contribution in [0.1, 0.15) is 53.4 Å². The number of fused-ring (bicyclic) bond motifs is 1. The van der Waals surface area contributed by atoms with Crippen molar-refractivity contribution in [2.45, 2.75) is 58.9 Å². The van der Waals surface area contributed by atoms with E-state index >= 15 is 0 Å². The van der Waals surface area contributed by atoms with Crippen LogP contribution in [0.5, 0.6) is 0 Å². The molecule has 0 radical (unpaired) electrons. The van der Waals surface area contributed by atoms with E-state index < -0.39 is 0 Å². The van der Waals surface area contributed by atoms with Gasteiger partial charge in [-0.1, -0.05) is 27.7 Å². The number of hydrogen-bond acceptors (Lipinski definition) is 2. The zero-order chi connectivity index (χ0) is 11.0. The van der Waals surface area contributed by atoms with E-state index in [2.05, 4.69) is 17.5 Å². The summed E-state index contributed by atoms with van der Waals surface area (Å²) in [6.07, 6.45) is 5.61. The minimum Gasteiger partial charge on any atom is -0.297 e. The van der Waals surface area contributed by atoms with Gasteiger partial charge in [-0.2, -0.15) is 12.6 Å². The van der Waals surface area contributed by atoms with Crippen LogP contribution in [-0.4, -0.2) is 29.3 Å². The van der Waals surface area contributed by atoms with Gasteiger partial charge in [-0.05, 0) is 38.8 Å². The van der Waals surface area contributed by atoms with Crippen LogP contribution in [-0.2, 0) is 0 Å². The predicted octanol–water partition coefficient (Wildman–Crippen LogP) is 3.60. The molecule has 0 aromatic rings. The Kier molecular flexibility index (Phi) is 7.75. The van der Waals surface area contributed by atoms with Crippen molar-refractivity contribution >= 4 is 12.6 Å². The molecule has 0 atom stereocenters. The Hall–Kier alpha value is 0.310. The molecular formula is C12H27NS. The summed E-state index contributed by atoms with van der Waals surface area (Å²) in [5.41, 5.74) is 0.545. The van der Waals surface area contributed by atoms with E-state index in [-0.39, 0.29) is 0 Å². The molecule has 86 valence electrons. The van der Waals surface area contributed by atoms with Gasteiger partial charge in [0.05, 0.1) is 0 Å². The molecule has 0 N–H and O–H groups in total. The lowest BCUT2D eigenvalue weighted by atomic mass is 9.97. The van der Waals surface area contributed by atoms with E-state index in [9.17, 15) is 0 Å². The van der Waals surface area contributed by atoms with Crippen LogP contribution in [0.2, 0.25) is 0 Å². The lowest BCUT2D eigenvalue weighted by Crippen LogP contribution is -2.39. The molecule has 2 rings (SSSR count). The van der Waals surface area contributed by atoms with Crippen molar-refractivity contribution in [3.05, 3.63) is 0 Å². The second-order valence-corrected chi connectivity index (χ2v) is 3.89. The van der Waals surface area contributed by atoms with Crippen LogP contribution >= 0.6 is 12.6 Å². The first kappa shape index (κ1) is 14.3. The zero-order valence-corrected chi connectivity index (χ0v) is 11.2. The molecule has 0 aromatic carbocycles. The van der Waals surface area contributed by atoms with E-state index in [1.165, 1.54) is 38.8 Å². The van der Waals surface area contributed by atoms with E-state index in [0.717, 1.165) is 5.75 Å². The van der Waals surface area contributed by atoms with Crippen molar-refractivity contribution in [3.8, 4) is 0 Å². The largest absolute Gasteiger partial charge is 0.297 e. The van der Waals surface area contributed by atoms with E-state index in [1.807, 2.05) is 27.7 Å². The first-order valence-electron chi connectivity index (χ1n) is 6.23. The van der Waals surface area contributed by atoms with Crippen molar-refractivity contribution in [3.63, 3.8) is 0 Å². The highest BCUT2D eigenvalue weighted by molar-refractivity contribution is 7.80. The molecule has 0 aromatic heterocycles. The second kappa shape index (κ2) is 7.58. The number of hydrogen-bond donors (Lipinski definition) is 1. The first-order valence-corrected chi connectivity index (χ1v) is 6.87. The molecule has 2 aliphatic heterocycles. The van der Waals surface area contributed by atoms with Gasteiger partial charge in [-0.3, -0.25) is 4.90 Å². The third kappa shape index (κ3) is 2.90. The molecule has 2 fully saturated rings.